The van der Waals surface area contributed by atoms with Crippen molar-refractivity contribution in [3.8, 4) is 0 Å². The monoisotopic (exact) mass is 287 g/mol. The van der Waals surface area contributed by atoms with Gasteiger partial charge in [0.05, 0.1) is 5.75 Å². The van der Waals surface area contributed by atoms with Crippen LogP contribution in [-0.2, 0) is 15.8 Å². The van der Waals surface area contributed by atoms with Gasteiger partial charge in [0.2, 0.25) is 10.0 Å². The Labute approximate surface area is 114 Å². The first kappa shape index (κ1) is 13.8. The Morgan fingerprint density at radius 1 is 1.17 bits per heavy atom. The lowest BCUT2D eigenvalue weighted by molar-refractivity contribution is 0.290. The van der Waals surface area contributed by atoms with Crippen molar-refractivity contribution in [1.82, 2.24) is 4.31 Å². The summed E-state index contributed by atoms with van der Waals surface area (Å²) >= 11 is 5.80. The minimum Gasteiger partial charge on any atom is -0.212 e. The van der Waals surface area contributed by atoms with Crippen molar-refractivity contribution < 1.29 is 8.42 Å². The summed E-state index contributed by atoms with van der Waals surface area (Å²) in [6.45, 7) is 1.21. The Kier molecular flexibility index (Phi) is 4.65. The topological polar surface area (TPSA) is 37.4 Å². The molecule has 3 nitrogen and oxygen atoms in total. The van der Waals surface area contributed by atoms with Crippen molar-refractivity contribution in [2.75, 3.05) is 19.0 Å². The van der Waals surface area contributed by atoms with Crippen LogP contribution in [-0.4, -0.2) is 31.7 Å². The fourth-order valence-electron chi connectivity index (χ4n) is 2.22. The molecule has 1 aliphatic rings. The molecule has 100 valence electrons. The SMILES string of the molecule is O=S(=O)(Cc1ccccc1)N1CCC(CCl)CC1. The highest BCUT2D eigenvalue weighted by atomic mass is 35.5. The van der Waals surface area contributed by atoms with Crippen LogP contribution in [0.2, 0.25) is 0 Å². The molecule has 1 aliphatic heterocycles. The third-order valence-electron chi connectivity index (χ3n) is 3.38. The lowest BCUT2D eigenvalue weighted by Gasteiger charge is -2.30. The van der Waals surface area contributed by atoms with E-state index in [2.05, 4.69) is 0 Å². The summed E-state index contributed by atoms with van der Waals surface area (Å²) in [6, 6.07) is 9.32. The minimum atomic E-state index is -3.18. The van der Waals surface area contributed by atoms with Crippen molar-refractivity contribution >= 4 is 21.6 Å². The van der Waals surface area contributed by atoms with Crippen LogP contribution in [0.3, 0.4) is 0 Å². The molecule has 5 heteroatoms. The van der Waals surface area contributed by atoms with Crippen LogP contribution < -0.4 is 0 Å². The van der Waals surface area contributed by atoms with E-state index in [1.165, 1.54) is 0 Å². The second-order valence-electron chi connectivity index (χ2n) is 4.74. The van der Waals surface area contributed by atoms with Crippen molar-refractivity contribution in [3.05, 3.63) is 35.9 Å². The molecule has 0 bridgehead atoms. The molecule has 0 aliphatic carbocycles. The molecule has 1 heterocycles. The smallest absolute Gasteiger partial charge is 0.212 e. The standard InChI is InChI=1S/C13H18ClNO2S/c14-10-12-6-8-15(9-7-12)18(16,17)11-13-4-2-1-3-5-13/h1-5,12H,6-11H2. The number of sulfonamides is 1. The fourth-order valence-corrected chi connectivity index (χ4v) is 4.09. The minimum absolute atomic E-state index is 0.0966. The van der Waals surface area contributed by atoms with Gasteiger partial charge in [0.15, 0.2) is 0 Å². The first-order valence-corrected chi connectivity index (χ1v) is 8.34. The quantitative estimate of drug-likeness (QED) is 0.798. The van der Waals surface area contributed by atoms with Gasteiger partial charge in [-0.05, 0) is 24.3 Å². The molecule has 1 aromatic carbocycles. The first-order chi connectivity index (χ1) is 8.62. The van der Waals surface area contributed by atoms with E-state index < -0.39 is 10.0 Å². The fraction of sp³-hybridized carbons (Fsp3) is 0.538. The summed E-state index contributed by atoms with van der Waals surface area (Å²) in [7, 11) is -3.18. The highest BCUT2D eigenvalue weighted by Gasteiger charge is 2.27. The molecule has 0 amide bonds. The van der Waals surface area contributed by atoms with Crippen LogP contribution in [0, 0.1) is 5.92 Å². The molecule has 0 unspecified atom stereocenters. The van der Waals surface area contributed by atoms with Crippen molar-refractivity contribution in [1.29, 1.82) is 0 Å². The zero-order valence-corrected chi connectivity index (χ0v) is 11.8. The Morgan fingerprint density at radius 2 is 1.78 bits per heavy atom. The number of benzene rings is 1. The summed E-state index contributed by atoms with van der Waals surface area (Å²) in [5, 5.41) is 0. The van der Waals surface area contributed by atoms with E-state index >= 15 is 0 Å². The zero-order valence-electron chi connectivity index (χ0n) is 10.3. The van der Waals surface area contributed by atoms with Gasteiger partial charge in [0.25, 0.3) is 0 Å². The molecule has 18 heavy (non-hydrogen) atoms. The van der Waals surface area contributed by atoms with E-state index in [-0.39, 0.29) is 5.75 Å². The summed E-state index contributed by atoms with van der Waals surface area (Å²) < 4.78 is 26.1. The third-order valence-corrected chi connectivity index (χ3v) is 5.66. The number of hydrogen-bond acceptors (Lipinski definition) is 2. The summed E-state index contributed by atoms with van der Waals surface area (Å²) in [5.41, 5.74) is 0.844. The van der Waals surface area contributed by atoms with E-state index in [0.29, 0.717) is 24.9 Å². The first-order valence-electron chi connectivity index (χ1n) is 6.19. The highest BCUT2D eigenvalue weighted by Crippen LogP contribution is 2.22. The van der Waals surface area contributed by atoms with Crippen LogP contribution in [0.4, 0.5) is 0 Å². The molecule has 1 aromatic rings. The molecule has 1 saturated heterocycles. The Hall–Kier alpha value is -0.580. The second kappa shape index (κ2) is 6.04. The maximum absolute atomic E-state index is 12.2. The Morgan fingerprint density at radius 3 is 2.33 bits per heavy atom. The van der Waals surface area contributed by atoms with Crippen molar-refractivity contribution in [2.45, 2.75) is 18.6 Å². The molecule has 0 aromatic heterocycles. The van der Waals surface area contributed by atoms with Crippen LogP contribution in [0.1, 0.15) is 18.4 Å². The Balaban J connectivity index is 2.00. The molecule has 0 saturated carbocycles. The Bertz CT molecular complexity index is 467. The van der Waals surface area contributed by atoms with E-state index in [0.717, 1.165) is 18.4 Å². The number of rotatable bonds is 4. The average molecular weight is 288 g/mol. The predicted molar refractivity (Wildman–Crippen MR) is 74.1 cm³/mol. The second-order valence-corrected chi connectivity index (χ2v) is 7.02. The predicted octanol–water partition coefficient (Wildman–Crippen LogP) is 2.47. The third kappa shape index (κ3) is 3.46. The van der Waals surface area contributed by atoms with E-state index in [4.69, 9.17) is 11.6 Å². The van der Waals surface area contributed by atoms with E-state index in [1.807, 2.05) is 30.3 Å². The number of alkyl halides is 1. The van der Waals surface area contributed by atoms with Gasteiger partial charge >= 0.3 is 0 Å². The van der Waals surface area contributed by atoms with Gasteiger partial charge in [-0.25, -0.2) is 12.7 Å². The van der Waals surface area contributed by atoms with Crippen LogP contribution in [0.15, 0.2) is 30.3 Å². The van der Waals surface area contributed by atoms with Crippen LogP contribution >= 0.6 is 11.6 Å². The van der Waals surface area contributed by atoms with Crippen LogP contribution in [0.5, 0.6) is 0 Å². The van der Waals surface area contributed by atoms with Gasteiger partial charge < -0.3 is 0 Å². The van der Waals surface area contributed by atoms with Gasteiger partial charge in [0.1, 0.15) is 0 Å². The number of piperidine rings is 1. The molecule has 1 fully saturated rings. The van der Waals surface area contributed by atoms with Gasteiger partial charge in [-0.2, -0.15) is 0 Å². The van der Waals surface area contributed by atoms with Crippen molar-refractivity contribution in [2.24, 2.45) is 5.92 Å². The maximum atomic E-state index is 12.2. The van der Waals surface area contributed by atoms with E-state index in [1.54, 1.807) is 4.31 Å². The van der Waals surface area contributed by atoms with Gasteiger partial charge in [0, 0.05) is 19.0 Å². The molecular weight excluding hydrogens is 270 g/mol. The summed E-state index contributed by atoms with van der Waals surface area (Å²) in [5.74, 6) is 1.20. The normalized spacial score (nSPS) is 18.9. The summed E-state index contributed by atoms with van der Waals surface area (Å²) in [4.78, 5) is 0. The maximum Gasteiger partial charge on any atom is 0.218 e. The van der Waals surface area contributed by atoms with Gasteiger partial charge in [-0.1, -0.05) is 30.3 Å². The zero-order chi connectivity index (χ0) is 13.0. The molecule has 0 radical (unpaired) electrons. The number of hydrogen-bond donors (Lipinski definition) is 0. The summed E-state index contributed by atoms with van der Waals surface area (Å²) in [6.07, 6.45) is 1.75. The van der Waals surface area contributed by atoms with Crippen LogP contribution in [0.25, 0.3) is 0 Å². The number of nitrogens with zero attached hydrogens (tertiary/aromatic N) is 1. The lowest BCUT2D eigenvalue weighted by atomic mass is 10.0. The van der Waals surface area contributed by atoms with Gasteiger partial charge in [-0.15, -0.1) is 11.6 Å². The van der Waals surface area contributed by atoms with E-state index in [9.17, 15) is 8.42 Å². The largest absolute Gasteiger partial charge is 0.218 e. The highest BCUT2D eigenvalue weighted by molar-refractivity contribution is 7.88. The number of halogens is 1. The molecule has 2 rings (SSSR count). The van der Waals surface area contributed by atoms with Gasteiger partial charge in [-0.3, -0.25) is 0 Å². The van der Waals surface area contributed by atoms with Crippen molar-refractivity contribution in [3.63, 3.8) is 0 Å². The molecule has 0 spiro atoms. The molecule has 0 atom stereocenters. The molecule has 0 N–H and O–H groups in total. The lowest BCUT2D eigenvalue weighted by Crippen LogP contribution is -2.39. The average Bonchev–Trinajstić information content (AvgIpc) is 2.39. The molecular formula is C13H18ClNO2S.